The summed E-state index contributed by atoms with van der Waals surface area (Å²) in [6.07, 6.45) is -2.37. The third-order valence-electron chi connectivity index (χ3n) is 2.24. The van der Waals surface area contributed by atoms with E-state index in [0.717, 1.165) is 6.07 Å². The molecule has 14 heavy (non-hydrogen) atoms. The zero-order valence-electron chi connectivity index (χ0n) is 7.30. The molecule has 0 aliphatic carbocycles. The fourth-order valence-corrected chi connectivity index (χ4v) is 1.61. The maximum absolute atomic E-state index is 12.5. The Kier molecular flexibility index (Phi) is 2.06. The van der Waals surface area contributed by atoms with Crippen LogP contribution in [0.4, 0.5) is 13.2 Å². The summed E-state index contributed by atoms with van der Waals surface area (Å²) in [7, 11) is 0. The lowest BCUT2D eigenvalue weighted by molar-refractivity contribution is -0.138. The van der Waals surface area contributed by atoms with Crippen molar-refractivity contribution in [3.63, 3.8) is 0 Å². The van der Waals surface area contributed by atoms with Crippen LogP contribution in [-0.4, -0.2) is 12.8 Å². The number of hydrogen-bond donors (Lipinski definition) is 0. The Labute approximate surface area is 79.3 Å². The first-order valence-corrected chi connectivity index (χ1v) is 4.28. The third kappa shape index (κ3) is 1.52. The molecule has 1 aromatic carbocycles. The van der Waals surface area contributed by atoms with Gasteiger partial charge in [-0.05, 0) is 23.6 Å². The molecule has 0 atom stereocenters. The zero-order valence-corrected chi connectivity index (χ0v) is 7.30. The minimum atomic E-state index is -4.25. The highest BCUT2D eigenvalue weighted by molar-refractivity contribution is 5.83. The predicted molar refractivity (Wildman–Crippen MR) is 47.6 cm³/mol. The smallest absolute Gasteiger partial charge is 0.292 e. The second kappa shape index (κ2) is 3.12. The Hall–Kier alpha value is -1.32. The maximum Gasteiger partial charge on any atom is 0.416 e. The molecule has 0 unspecified atom stereocenters. The van der Waals surface area contributed by atoms with Crippen LogP contribution < -0.4 is 0 Å². The van der Waals surface area contributed by atoms with Gasteiger partial charge in [-0.3, -0.25) is 4.99 Å². The van der Waals surface area contributed by atoms with Crippen molar-refractivity contribution in [3.8, 4) is 0 Å². The lowest BCUT2D eigenvalue weighted by atomic mass is 9.97. The Bertz CT molecular complexity index is 379. The molecule has 0 fully saturated rings. The monoisotopic (exact) mass is 199 g/mol. The van der Waals surface area contributed by atoms with Crippen LogP contribution in [0, 0.1) is 0 Å². The molecule has 0 N–H and O–H groups in total. The van der Waals surface area contributed by atoms with Crippen LogP contribution in [0.15, 0.2) is 23.2 Å². The average molecular weight is 199 g/mol. The highest BCUT2D eigenvalue weighted by Gasteiger charge is 2.33. The molecule has 2 rings (SSSR count). The number of halogens is 3. The Morgan fingerprint density at radius 3 is 2.71 bits per heavy atom. The largest absolute Gasteiger partial charge is 0.416 e. The number of benzene rings is 1. The second-order valence-corrected chi connectivity index (χ2v) is 3.16. The van der Waals surface area contributed by atoms with Gasteiger partial charge in [0.05, 0.1) is 5.56 Å². The third-order valence-corrected chi connectivity index (χ3v) is 2.24. The predicted octanol–water partition coefficient (Wildman–Crippen LogP) is 2.68. The van der Waals surface area contributed by atoms with Crippen LogP contribution in [0.3, 0.4) is 0 Å². The van der Waals surface area contributed by atoms with Gasteiger partial charge in [0.25, 0.3) is 0 Å². The van der Waals surface area contributed by atoms with E-state index in [1.54, 1.807) is 6.07 Å². The highest BCUT2D eigenvalue weighted by atomic mass is 19.4. The van der Waals surface area contributed by atoms with Gasteiger partial charge < -0.3 is 0 Å². The number of nitrogens with zero attached hydrogens (tertiary/aromatic N) is 1. The maximum atomic E-state index is 12.5. The van der Waals surface area contributed by atoms with E-state index in [4.69, 9.17) is 0 Å². The summed E-state index contributed by atoms with van der Waals surface area (Å²) in [6, 6.07) is 4.20. The summed E-state index contributed by atoms with van der Waals surface area (Å²) in [4.78, 5) is 3.95. The van der Waals surface area contributed by atoms with Crippen molar-refractivity contribution in [2.24, 2.45) is 4.99 Å². The topological polar surface area (TPSA) is 12.4 Å². The first-order valence-electron chi connectivity index (χ1n) is 4.28. The van der Waals surface area contributed by atoms with Gasteiger partial charge in [-0.1, -0.05) is 12.1 Å². The number of rotatable bonds is 0. The van der Waals surface area contributed by atoms with Crippen LogP contribution in [0.1, 0.15) is 16.7 Å². The van der Waals surface area contributed by atoms with Crippen molar-refractivity contribution in [2.45, 2.75) is 12.6 Å². The molecule has 0 aromatic heterocycles. The standard InChI is InChI=1S/C10H8F3N/c11-10(12,13)9-3-1-2-7-6-14-5-4-8(7)9/h1-3,6H,4-5H2. The molecular weight excluding hydrogens is 191 g/mol. The summed E-state index contributed by atoms with van der Waals surface area (Å²) >= 11 is 0. The SMILES string of the molecule is FC(F)(F)c1cccc2c1CCN=C2. The van der Waals surface area contributed by atoms with Crippen molar-refractivity contribution in [2.75, 3.05) is 6.54 Å². The van der Waals surface area contributed by atoms with E-state index in [1.165, 1.54) is 12.3 Å². The number of alkyl halides is 3. The van der Waals surface area contributed by atoms with Crippen LogP contribution in [0.2, 0.25) is 0 Å². The fraction of sp³-hybridized carbons (Fsp3) is 0.300. The molecule has 1 nitrogen and oxygen atoms in total. The molecule has 4 heteroatoms. The minimum absolute atomic E-state index is 0.370. The summed E-state index contributed by atoms with van der Waals surface area (Å²) in [5.41, 5.74) is 0.433. The molecule has 0 bridgehead atoms. The Morgan fingerprint density at radius 1 is 1.21 bits per heavy atom. The number of fused-ring (bicyclic) bond motifs is 1. The number of hydrogen-bond acceptors (Lipinski definition) is 1. The normalized spacial score (nSPS) is 15.4. The molecule has 0 amide bonds. The zero-order chi connectivity index (χ0) is 10.2. The van der Waals surface area contributed by atoms with Gasteiger partial charge in [0.1, 0.15) is 0 Å². The van der Waals surface area contributed by atoms with Gasteiger partial charge in [-0.2, -0.15) is 13.2 Å². The minimum Gasteiger partial charge on any atom is -0.292 e. The van der Waals surface area contributed by atoms with Crippen molar-refractivity contribution in [1.29, 1.82) is 0 Å². The van der Waals surface area contributed by atoms with Crippen LogP contribution in [0.5, 0.6) is 0 Å². The summed E-state index contributed by atoms with van der Waals surface area (Å²) in [6.45, 7) is 0.445. The molecule has 1 heterocycles. The summed E-state index contributed by atoms with van der Waals surface area (Å²) < 4.78 is 37.6. The van der Waals surface area contributed by atoms with Gasteiger partial charge in [0.15, 0.2) is 0 Å². The first kappa shape index (κ1) is 9.24. The van der Waals surface area contributed by atoms with Crippen LogP contribution >= 0.6 is 0 Å². The molecular formula is C10H8F3N. The molecule has 1 aliphatic rings. The van der Waals surface area contributed by atoms with Gasteiger partial charge in [-0.15, -0.1) is 0 Å². The molecule has 0 spiro atoms. The van der Waals surface area contributed by atoms with Crippen molar-refractivity contribution >= 4 is 6.21 Å². The van der Waals surface area contributed by atoms with E-state index in [9.17, 15) is 13.2 Å². The molecule has 1 aromatic rings. The summed E-state index contributed by atoms with van der Waals surface area (Å²) in [5, 5.41) is 0. The molecule has 74 valence electrons. The molecule has 0 saturated heterocycles. The molecule has 1 aliphatic heterocycles. The van der Waals surface area contributed by atoms with E-state index in [-0.39, 0.29) is 0 Å². The van der Waals surface area contributed by atoms with E-state index < -0.39 is 11.7 Å². The lowest BCUT2D eigenvalue weighted by Gasteiger charge is -2.16. The summed E-state index contributed by atoms with van der Waals surface area (Å²) in [5.74, 6) is 0. The van der Waals surface area contributed by atoms with Crippen LogP contribution in [0.25, 0.3) is 0 Å². The van der Waals surface area contributed by atoms with E-state index in [1.807, 2.05) is 0 Å². The van der Waals surface area contributed by atoms with Gasteiger partial charge in [0, 0.05) is 12.8 Å². The highest BCUT2D eigenvalue weighted by Crippen LogP contribution is 2.33. The Balaban J connectivity index is 2.57. The van der Waals surface area contributed by atoms with Gasteiger partial charge in [0.2, 0.25) is 0 Å². The van der Waals surface area contributed by atoms with E-state index >= 15 is 0 Å². The van der Waals surface area contributed by atoms with E-state index in [0.29, 0.717) is 24.1 Å². The Morgan fingerprint density at radius 2 is 2.00 bits per heavy atom. The fourth-order valence-electron chi connectivity index (χ4n) is 1.61. The van der Waals surface area contributed by atoms with E-state index in [2.05, 4.69) is 4.99 Å². The second-order valence-electron chi connectivity index (χ2n) is 3.16. The quantitative estimate of drug-likeness (QED) is 0.609. The van der Waals surface area contributed by atoms with Crippen molar-refractivity contribution in [1.82, 2.24) is 0 Å². The van der Waals surface area contributed by atoms with Gasteiger partial charge in [-0.25, -0.2) is 0 Å². The van der Waals surface area contributed by atoms with Crippen molar-refractivity contribution in [3.05, 3.63) is 34.9 Å². The average Bonchev–Trinajstić information content (AvgIpc) is 2.15. The molecule has 0 radical (unpaired) electrons. The number of aliphatic imine (C=N–C) groups is 1. The first-order chi connectivity index (χ1) is 6.59. The molecule has 0 saturated carbocycles. The lowest BCUT2D eigenvalue weighted by Crippen LogP contribution is -2.14. The van der Waals surface area contributed by atoms with Crippen molar-refractivity contribution < 1.29 is 13.2 Å². The van der Waals surface area contributed by atoms with Gasteiger partial charge >= 0.3 is 6.18 Å². The van der Waals surface area contributed by atoms with Crippen LogP contribution in [-0.2, 0) is 12.6 Å².